The molecule has 9 nitrogen and oxygen atoms in total. The fraction of sp³-hybridized carbons (Fsp3) is 0.250. The quantitative estimate of drug-likeness (QED) is 0.404. The number of aromatic nitrogens is 2. The van der Waals surface area contributed by atoms with E-state index in [1.165, 1.54) is 24.3 Å². The molecule has 5 N–H and O–H groups in total. The first-order chi connectivity index (χ1) is 16.8. The molecule has 1 aromatic heterocycles. The molecule has 2 aromatic carbocycles. The fourth-order valence-electron chi connectivity index (χ4n) is 3.07. The summed E-state index contributed by atoms with van der Waals surface area (Å²) < 4.78 is 49.4. The van der Waals surface area contributed by atoms with Crippen LogP contribution >= 0.6 is 0 Å². The Hall–Kier alpha value is -4.19. The lowest BCUT2D eigenvalue weighted by molar-refractivity contribution is -0.137. The average molecular weight is 504 g/mol. The minimum atomic E-state index is -4.45. The maximum Gasteiger partial charge on any atom is 0.416 e. The van der Waals surface area contributed by atoms with Gasteiger partial charge in [-0.25, -0.2) is 4.98 Å². The van der Waals surface area contributed by atoms with Gasteiger partial charge in [-0.05, 0) is 48.5 Å². The molecule has 0 radical (unpaired) electrons. The number of carbonyl (C=O) groups is 2. The van der Waals surface area contributed by atoms with E-state index in [-0.39, 0.29) is 23.1 Å². The van der Waals surface area contributed by atoms with Gasteiger partial charge in [-0.15, -0.1) is 0 Å². The third-order valence-corrected chi connectivity index (χ3v) is 5.10. The molecule has 0 aliphatic carbocycles. The number of halogens is 3. The molecule has 0 spiro atoms. The van der Waals surface area contributed by atoms with Crippen LogP contribution in [0.5, 0.6) is 17.4 Å². The summed E-state index contributed by atoms with van der Waals surface area (Å²) in [7, 11) is 0. The standard InChI is InChI=1S/C24H23F3N4O5/c1-23(2,12-32)19(21(29)34)36-18-11-17(20(28)33)30-22(31-18)13-3-7-15(8-4-13)35-16-9-5-14(6-10-16)24(25,26)27/h3-11,19,32H,12H2,1-2H3,(H2,28,33)(H2,29,34)/t19-/m1/s1. The Morgan fingerprint density at radius 3 is 2.00 bits per heavy atom. The van der Waals surface area contributed by atoms with Crippen LogP contribution in [-0.2, 0) is 11.0 Å². The van der Waals surface area contributed by atoms with Crippen molar-refractivity contribution in [1.82, 2.24) is 9.97 Å². The Kier molecular flexibility index (Phi) is 7.48. The second-order valence-electron chi connectivity index (χ2n) is 8.47. The van der Waals surface area contributed by atoms with Crippen molar-refractivity contribution < 1.29 is 37.3 Å². The van der Waals surface area contributed by atoms with Gasteiger partial charge in [-0.1, -0.05) is 13.8 Å². The van der Waals surface area contributed by atoms with Crippen LogP contribution in [0.1, 0.15) is 29.9 Å². The lowest BCUT2D eigenvalue weighted by atomic mass is 9.87. The van der Waals surface area contributed by atoms with Crippen LogP contribution < -0.4 is 20.9 Å². The SMILES string of the molecule is CC(C)(CO)[C@H](Oc1cc(C(N)=O)nc(-c2ccc(Oc3ccc(C(F)(F)F)cc3)cc2)n1)C(N)=O. The zero-order valence-corrected chi connectivity index (χ0v) is 19.2. The van der Waals surface area contributed by atoms with Crippen molar-refractivity contribution in [3.8, 4) is 28.8 Å². The summed E-state index contributed by atoms with van der Waals surface area (Å²) in [5.41, 5.74) is 9.17. The highest BCUT2D eigenvalue weighted by atomic mass is 19.4. The molecule has 2 amide bonds. The van der Waals surface area contributed by atoms with E-state index >= 15 is 0 Å². The minimum Gasteiger partial charge on any atom is -0.463 e. The molecular formula is C24H23F3N4O5. The van der Waals surface area contributed by atoms with E-state index in [1.807, 2.05) is 0 Å². The van der Waals surface area contributed by atoms with Gasteiger partial charge >= 0.3 is 6.18 Å². The highest BCUT2D eigenvalue weighted by Gasteiger charge is 2.36. The van der Waals surface area contributed by atoms with Gasteiger partial charge in [-0.3, -0.25) is 9.59 Å². The van der Waals surface area contributed by atoms with Crippen LogP contribution in [0, 0.1) is 5.41 Å². The smallest absolute Gasteiger partial charge is 0.416 e. The molecule has 0 fully saturated rings. The van der Waals surface area contributed by atoms with Gasteiger partial charge in [0.15, 0.2) is 11.9 Å². The number of aliphatic hydroxyl groups excluding tert-OH is 1. The number of rotatable bonds is 9. The van der Waals surface area contributed by atoms with Crippen LogP contribution in [0.3, 0.4) is 0 Å². The van der Waals surface area contributed by atoms with Crippen molar-refractivity contribution in [2.45, 2.75) is 26.1 Å². The highest BCUT2D eigenvalue weighted by molar-refractivity contribution is 5.91. The Labute approximate surface area is 203 Å². The van der Waals surface area contributed by atoms with Crippen LogP contribution in [-0.4, -0.2) is 39.6 Å². The average Bonchev–Trinajstić information content (AvgIpc) is 2.82. The summed E-state index contributed by atoms with van der Waals surface area (Å²) in [4.78, 5) is 32.1. The molecule has 36 heavy (non-hydrogen) atoms. The summed E-state index contributed by atoms with van der Waals surface area (Å²) >= 11 is 0. The van der Waals surface area contributed by atoms with Crippen LogP contribution in [0.4, 0.5) is 13.2 Å². The lowest BCUT2D eigenvalue weighted by Gasteiger charge is -2.30. The van der Waals surface area contributed by atoms with Crippen molar-refractivity contribution in [3.05, 3.63) is 65.9 Å². The van der Waals surface area contributed by atoms with Gasteiger partial charge < -0.3 is 26.0 Å². The predicted molar refractivity (Wildman–Crippen MR) is 122 cm³/mol. The molecule has 0 saturated carbocycles. The minimum absolute atomic E-state index is 0.0346. The van der Waals surface area contributed by atoms with E-state index in [2.05, 4.69) is 9.97 Å². The molecule has 190 valence electrons. The van der Waals surface area contributed by atoms with E-state index in [9.17, 15) is 27.9 Å². The van der Waals surface area contributed by atoms with Crippen molar-refractivity contribution >= 4 is 11.8 Å². The highest BCUT2D eigenvalue weighted by Crippen LogP contribution is 2.32. The molecule has 0 bridgehead atoms. The number of hydrogen-bond acceptors (Lipinski definition) is 7. The molecular weight excluding hydrogens is 481 g/mol. The number of ether oxygens (including phenoxy) is 2. The third kappa shape index (κ3) is 6.27. The number of amides is 2. The van der Waals surface area contributed by atoms with Gasteiger partial charge in [0.2, 0.25) is 5.88 Å². The van der Waals surface area contributed by atoms with Crippen LogP contribution in [0.2, 0.25) is 0 Å². The number of carbonyl (C=O) groups excluding carboxylic acids is 2. The van der Waals surface area contributed by atoms with Gasteiger partial charge in [0.1, 0.15) is 17.2 Å². The summed E-state index contributed by atoms with van der Waals surface area (Å²) in [5, 5.41) is 9.59. The first-order valence-electron chi connectivity index (χ1n) is 10.5. The number of hydrogen-bond donors (Lipinski definition) is 3. The lowest BCUT2D eigenvalue weighted by Crippen LogP contribution is -2.47. The van der Waals surface area contributed by atoms with Crippen molar-refractivity contribution in [1.29, 1.82) is 0 Å². The Morgan fingerprint density at radius 1 is 0.972 bits per heavy atom. The van der Waals surface area contributed by atoms with E-state index < -0.39 is 41.7 Å². The van der Waals surface area contributed by atoms with Crippen molar-refractivity contribution in [2.75, 3.05) is 6.61 Å². The Balaban J connectivity index is 1.87. The maximum absolute atomic E-state index is 12.7. The van der Waals surface area contributed by atoms with Crippen LogP contribution in [0.25, 0.3) is 11.4 Å². The molecule has 0 unspecified atom stereocenters. The van der Waals surface area contributed by atoms with E-state index in [1.54, 1.807) is 26.0 Å². The zero-order valence-electron chi connectivity index (χ0n) is 19.2. The summed E-state index contributed by atoms with van der Waals surface area (Å²) in [6.07, 6.45) is -5.72. The molecule has 0 saturated heterocycles. The normalized spacial score (nSPS) is 12.6. The topological polar surface area (TPSA) is 151 Å². The number of nitrogens with zero attached hydrogens (tertiary/aromatic N) is 2. The number of nitrogens with two attached hydrogens (primary N) is 2. The molecule has 0 aliphatic rings. The second-order valence-corrected chi connectivity index (χ2v) is 8.47. The number of aliphatic hydroxyl groups is 1. The van der Waals surface area contributed by atoms with Gasteiger partial charge in [-0.2, -0.15) is 18.2 Å². The first kappa shape index (κ1) is 26.4. The molecule has 3 aromatic rings. The van der Waals surface area contributed by atoms with E-state index in [0.29, 0.717) is 11.3 Å². The van der Waals surface area contributed by atoms with Crippen molar-refractivity contribution in [3.63, 3.8) is 0 Å². The largest absolute Gasteiger partial charge is 0.463 e. The monoisotopic (exact) mass is 504 g/mol. The molecule has 3 rings (SSSR count). The predicted octanol–water partition coefficient (Wildman–Crippen LogP) is 3.30. The van der Waals surface area contributed by atoms with Crippen LogP contribution in [0.15, 0.2) is 54.6 Å². The first-order valence-corrected chi connectivity index (χ1v) is 10.5. The zero-order chi connectivity index (χ0) is 26.7. The van der Waals surface area contributed by atoms with Crippen molar-refractivity contribution in [2.24, 2.45) is 16.9 Å². The molecule has 1 heterocycles. The number of alkyl halides is 3. The van der Waals surface area contributed by atoms with Gasteiger partial charge in [0.05, 0.1) is 12.2 Å². The molecule has 1 atom stereocenters. The van der Waals surface area contributed by atoms with Gasteiger partial charge in [0, 0.05) is 17.0 Å². The maximum atomic E-state index is 12.7. The molecule has 0 aliphatic heterocycles. The Bertz CT molecular complexity index is 1250. The van der Waals surface area contributed by atoms with Gasteiger partial charge in [0.25, 0.3) is 11.8 Å². The number of benzene rings is 2. The molecule has 12 heteroatoms. The van der Waals surface area contributed by atoms with E-state index in [0.717, 1.165) is 18.2 Å². The third-order valence-electron chi connectivity index (χ3n) is 5.10. The summed E-state index contributed by atoms with van der Waals surface area (Å²) in [5.74, 6) is -1.33. The summed E-state index contributed by atoms with van der Waals surface area (Å²) in [6.45, 7) is 2.71. The summed E-state index contributed by atoms with van der Waals surface area (Å²) in [6, 6.07) is 11.5. The van der Waals surface area contributed by atoms with E-state index in [4.69, 9.17) is 20.9 Å². The fourth-order valence-corrected chi connectivity index (χ4v) is 3.07. The Morgan fingerprint density at radius 2 is 1.53 bits per heavy atom. The number of primary amides is 2. The second kappa shape index (κ2) is 10.2.